The summed E-state index contributed by atoms with van der Waals surface area (Å²) in [5.74, 6) is -0.334. The van der Waals surface area contributed by atoms with E-state index in [0.717, 1.165) is 0 Å². The number of ether oxygens (including phenoxy) is 4. The molecular formula is C11H15N3O5. The molecule has 1 atom stereocenters. The summed E-state index contributed by atoms with van der Waals surface area (Å²) >= 11 is 0. The minimum absolute atomic E-state index is 0.158. The first-order valence-corrected chi connectivity index (χ1v) is 5.69. The topological polar surface area (TPSA) is 106 Å². The molecule has 1 aliphatic heterocycles. The zero-order valence-electron chi connectivity index (χ0n) is 10.7. The molecule has 1 saturated heterocycles. The minimum Gasteiger partial charge on any atom is -0.475 e. The molecule has 0 aromatic carbocycles. The van der Waals surface area contributed by atoms with E-state index in [-0.39, 0.29) is 24.6 Å². The first kappa shape index (κ1) is 13.5. The molecule has 104 valence electrons. The van der Waals surface area contributed by atoms with E-state index in [1.807, 2.05) is 13.8 Å². The Bertz CT molecular complexity index is 465. The van der Waals surface area contributed by atoms with E-state index in [2.05, 4.69) is 14.7 Å². The van der Waals surface area contributed by atoms with Crippen molar-refractivity contribution < 1.29 is 23.7 Å². The molecule has 8 heteroatoms. The zero-order valence-corrected chi connectivity index (χ0v) is 10.7. The lowest BCUT2D eigenvalue weighted by Gasteiger charge is -2.17. The van der Waals surface area contributed by atoms with Crippen molar-refractivity contribution in [3.8, 4) is 11.9 Å². The van der Waals surface area contributed by atoms with Crippen molar-refractivity contribution in [3.63, 3.8) is 0 Å². The van der Waals surface area contributed by atoms with Crippen LogP contribution in [0.3, 0.4) is 0 Å². The van der Waals surface area contributed by atoms with E-state index in [4.69, 9.17) is 19.9 Å². The van der Waals surface area contributed by atoms with Gasteiger partial charge in [-0.3, -0.25) is 0 Å². The van der Waals surface area contributed by atoms with Crippen molar-refractivity contribution in [2.24, 2.45) is 5.73 Å². The second-order valence-corrected chi connectivity index (χ2v) is 4.36. The van der Waals surface area contributed by atoms with Gasteiger partial charge in [-0.2, -0.15) is 4.98 Å². The molecule has 2 heterocycles. The van der Waals surface area contributed by atoms with Crippen molar-refractivity contribution in [1.82, 2.24) is 9.97 Å². The van der Waals surface area contributed by atoms with Gasteiger partial charge in [0, 0.05) is 12.3 Å². The third kappa shape index (κ3) is 4.04. The predicted octanol–water partition coefficient (Wildman–Crippen LogP) is 0.464. The summed E-state index contributed by atoms with van der Waals surface area (Å²) in [6.45, 7) is 4.38. The maximum Gasteiger partial charge on any atom is 0.412 e. The zero-order chi connectivity index (χ0) is 13.9. The van der Waals surface area contributed by atoms with Crippen LogP contribution in [0.5, 0.6) is 11.9 Å². The van der Waals surface area contributed by atoms with Crippen LogP contribution in [0.4, 0.5) is 4.79 Å². The predicted molar refractivity (Wildman–Crippen MR) is 62.6 cm³/mol. The SMILES string of the molecule is CC1(C)OC[C@@H](COc2ccnc(OC(N)=O)n2)O1. The fraction of sp³-hybridized carbons (Fsp3) is 0.545. The van der Waals surface area contributed by atoms with Gasteiger partial charge in [0.1, 0.15) is 12.7 Å². The molecule has 8 nitrogen and oxygen atoms in total. The summed E-state index contributed by atoms with van der Waals surface area (Å²) < 4.78 is 20.9. The lowest BCUT2D eigenvalue weighted by atomic mass is 10.4. The smallest absolute Gasteiger partial charge is 0.412 e. The van der Waals surface area contributed by atoms with Crippen molar-refractivity contribution in [2.45, 2.75) is 25.7 Å². The Morgan fingerprint density at radius 3 is 3.05 bits per heavy atom. The summed E-state index contributed by atoms with van der Waals surface area (Å²) in [6.07, 6.45) is 0.244. The standard InChI is InChI=1S/C11H15N3O5/c1-11(2)17-6-7(19-11)5-16-8-3-4-13-10(14-8)18-9(12)15/h3-4,7H,5-6H2,1-2H3,(H2,12,15)/t7-/m1/s1. The average Bonchev–Trinajstić information content (AvgIpc) is 2.66. The summed E-state index contributed by atoms with van der Waals surface area (Å²) in [5, 5.41) is 0. The summed E-state index contributed by atoms with van der Waals surface area (Å²) in [6, 6.07) is 1.38. The van der Waals surface area contributed by atoms with Gasteiger partial charge in [0.2, 0.25) is 5.88 Å². The van der Waals surface area contributed by atoms with Gasteiger partial charge in [0.25, 0.3) is 0 Å². The number of amides is 1. The van der Waals surface area contributed by atoms with Gasteiger partial charge in [0.15, 0.2) is 5.79 Å². The Balaban J connectivity index is 1.88. The second kappa shape index (κ2) is 5.37. The Hall–Kier alpha value is -1.93. The van der Waals surface area contributed by atoms with E-state index < -0.39 is 11.9 Å². The van der Waals surface area contributed by atoms with Crippen LogP contribution in [0.15, 0.2) is 12.3 Å². The number of nitrogens with two attached hydrogens (primary N) is 1. The lowest BCUT2D eigenvalue weighted by molar-refractivity contribution is -0.141. The molecule has 1 amide bonds. The minimum atomic E-state index is -0.980. The molecule has 19 heavy (non-hydrogen) atoms. The van der Waals surface area contributed by atoms with Crippen LogP contribution in [0, 0.1) is 0 Å². The van der Waals surface area contributed by atoms with Crippen LogP contribution in [-0.2, 0) is 9.47 Å². The molecule has 1 fully saturated rings. The van der Waals surface area contributed by atoms with E-state index in [1.54, 1.807) is 0 Å². The number of nitrogens with zero attached hydrogens (tertiary/aromatic N) is 2. The van der Waals surface area contributed by atoms with Crippen molar-refractivity contribution in [2.75, 3.05) is 13.2 Å². The van der Waals surface area contributed by atoms with Gasteiger partial charge in [-0.05, 0) is 13.8 Å². The third-order valence-corrected chi connectivity index (χ3v) is 2.28. The number of rotatable bonds is 4. The Labute approximate surface area is 109 Å². The molecule has 0 radical (unpaired) electrons. The fourth-order valence-electron chi connectivity index (χ4n) is 1.57. The largest absolute Gasteiger partial charge is 0.475 e. The summed E-state index contributed by atoms with van der Waals surface area (Å²) in [7, 11) is 0. The second-order valence-electron chi connectivity index (χ2n) is 4.36. The highest BCUT2D eigenvalue weighted by molar-refractivity contribution is 5.66. The molecule has 0 bridgehead atoms. The molecule has 1 aromatic rings. The van der Waals surface area contributed by atoms with E-state index in [1.165, 1.54) is 12.3 Å². The van der Waals surface area contributed by atoms with Crippen LogP contribution >= 0.6 is 0 Å². The van der Waals surface area contributed by atoms with Gasteiger partial charge < -0.3 is 24.7 Å². The van der Waals surface area contributed by atoms with Crippen LogP contribution in [-0.4, -0.2) is 41.2 Å². The van der Waals surface area contributed by atoms with E-state index >= 15 is 0 Å². The van der Waals surface area contributed by atoms with Gasteiger partial charge in [-0.1, -0.05) is 0 Å². The molecule has 1 aromatic heterocycles. The molecule has 0 unspecified atom stereocenters. The Morgan fingerprint density at radius 1 is 1.63 bits per heavy atom. The Morgan fingerprint density at radius 2 is 2.42 bits per heavy atom. The van der Waals surface area contributed by atoms with Crippen LogP contribution in [0.25, 0.3) is 0 Å². The van der Waals surface area contributed by atoms with Crippen LogP contribution in [0.2, 0.25) is 0 Å². The fourth-order valence-corrected chi connectivity index (χ4v) is 1.57. The number of aromatic nitrogens is 2. The number of hydrogen-bond donors (Lipinski definition) is 1. The van der Waals surface area contributed by atoms with Crippen molar-refractivity contribution >= 4 is 6.09 Å². The quantitative estimate of drug-likeness (QED) is 0.846. The number of primary amides is 1. The molecule has 1 aliphatic rings. The van der Waals surface area contributed by atoms with Gasteiger partial charge >= 0.3 is 12.1 Å². The first-order valence-electron chi connectivity index (χ1n) is 5.69. The average molecular weight is 269 g/mol. The summed E-state index contributed by atoms with van der Waals surface area (Å²) in [5.41, 5.74) is 4.86. The van der Waals surface area contributed by atoms with Crippen LogP contribution in [0.1, 0.15) is 13.8 Å². The maximum atomic E-state index is 10.6. The molecular weight excluding hydrogens is 254 g/mol. The Kier molecular flexibility index (Phi) is 3.82. The highest BCUT2D eigenvalue weighted by Crippen LogP contribution is 2.22. The number of carbonyl (C=O) groups excluding carboxylic acids is 1. The molecule has 0 aliphatic carbocycles. The third-order valence-electron chi connectivity index (χ3n) is 2.28. The number of hydrogen-bond acceptors (Lipinski definition) is 7. The van der Waals surface area contributed by atoms with Gasteiger partial charge in [-0.15, -0.1) is 0 Å². The van der Waals surface area contributed by atoms with Crippen LogP contribution < -0.4 is 15.2 Å². The first-order chi connectivity index (χ1) is 8.94. The van der Waals surface area contributed by atoms with Gasteiger partial charge in [-0.25, -0.2) is 9.78 Å². The van der Waals surface area contributed by atoms with E-state index in [0.29, 0.717) is 6.61 Å². The molecule has 2 rings (SSSR count). The van der Waals surface area contributed by atoms with Crippen molar-refractivity contribution in [1.29, 1.82) is 0 Å². The molecule has 2 N–H and O–H groups in total. The van der Waals surface area contributed by atoms with Crippen molar-refractivity contribution in [3.05, 3.63) is 12.3 Å². The van der Waals surface area contributed by atoms with Gasteiger partial charge in [0.05, 0.1) is 6.61 Å². The molecule has 0 saturated carbocycles. The number of carbonyl (C=O) groups is 1. The maximum absolute atomic E-state index is 10.6. The monoisotopic (exact) mass is 269 g/mol. The summed E-state index contributed by atoms with van der Waals surface area (Å²) in [4.78, 5) is 18.1. The normalized spacial score (nSPS) is 21.1. The van der Waals surface area contributed by atoms with E-state index in [9.17, 15) is 4.79 Å². The molecule has 0 spiro atoms. The lowest BCUT2D eigenvalue weighted by Crippen LogP contribution is -2.25. The highest BCUT2D eigenvalue weighted by Gasteiger charge is 2.33. The highest BCUT2D eigenvalue weighted by atomic mass is 16.7.